The fourth-order valence-electron chi connectivity index (χ4n) is 3.31. The largest absolute Gasteiger partial charge is 0.451 e. The smallest absolute Gasteiger partial charge is 0.287 e. The second kappa shape index (κ2) is 8.37. The number of halogens is 1. The molecule has 0 atom stereocenters. The normalized spacial score (nSPS) is 11.4. The number of fused-ring (bicyclic) bond motifs is 2. The van der Waals surface area contributed by atoms with Crippen molar-refractivity contribution in [3.63, 3.8) is 0 Å². The Labute approximate surface area is 191 Å². The minimum Gasteiger partial charge on any atom is -0.451 e. The molecule has 0 spiro atoms. The van der Waals surface area contributed by atoms with Crippen LogP contribution < -0.4 is 5.32 Å². The van der Waals surface area contributed by atoms with Gasteiger partial charge >= 0.3 is 0 Å². The quantitative estimate of drug-likeness (QED) is 0.322. The molecule has 0 fully saturated rings. The zero-order valence-electron chi connectivity index (χ0n) is 16.5. The average Bonchev–Trinajstić information content (AvgIpc) is 3.46. The van der Waals surface area contributed by atoms with Gasteiger partial charge in [-0.3, -0.25) is 4.79 Å². The molecule has 4 aromatic heterocycles. The molecular formula is C22H17ClN4O2S2. The summed E-state index contributed by atoms with van der Waals surface area (Å²) in [6.07, 6.45) is 3.63. The maximum atomic E-state index is 13.0. The molecule has 0 unspecified atom stereocenters. The monoisotopic (exact) mass is 468 g/mol. The summed E-state index contributed by atoms with van der Waals surface area (Å²) in [5, 5.41) is 6.52. The standard InChI is InChI=1S/C22H17ClN4O2S2/c1-13-11-30-22(25-13)31-12-17-16-4-2-3-5-18(16)29-20(17)21(28)24-8-15-10-27-9-14(23)6-7-19(27)26-15/h2-7,9-11H,8,12H2,1H3,(H,24,28). The van der Waals surface area contributed by atoms with Crippen LogP contribution in [0.25, 0.3) is 16.6 Å². The van der Waals surface area contributed by atoms with Crippen LogP contribution in [-0.2, 0) is 12.3 Å². The molecule has 1 amide bonds. The van der Waals surface area contributed by atoms with Gasteiger partial charge in [-0.1, -0.05) is 41.6 Å². The van der Waals surface area contributed by atoms with E-state index in [0.29, 0.717) is 22.1 Å². The van der Waals surface area contributed by atoms with Crippen molar-refractivity contribution in [1.29, 1.82) is 0 Å². The molecule has 0 radical (unpaired) electrons. The summed E-state index contributed by atoms with van der Waals surface area (Å²) in [4.78, 5) is 22.0. The SMILES string of the molecule is Cc1csc(SCc2c(C(=O)NCc3cn4cc(Cl)ccc4n3)oc3ccccc23)n1. The van der Waals surface area contributed by atoms with Crippen LogP contribution in [0, 0.1) is 6.92 Å². The molecule has 156 valence electrons. The highest BCUT2D eigenvalue weighted by Crippen LogP contribution is 2.33. The highest BCUT2D eigenvalue weighted by atomic mass is 35.5. The fraction of sp³-hybridized carbons (Fsp3) is 0.136. The maximum Gasteiger partial charge on any atom is 0.287 e. The number of para-hydroxylation sites is 1. The van der Waals surface area contributed by atoms with E-state index in [0.717, 1.165) is 32.3 Å². The number of nitrogens with zero attached hydrogens (tertiary/aromatic N) is 3. The number of thiazole rings is 1. The number of aromatic nitrogens is 3. The molecule has 0 aliphatic carbocycles. The summed E-state index contributed by atoms with van der Waals surface area (Å²) in [6, 6.07) is 11.3. The number of hydrogen-bond donors (Lipinski definition) is 1. The molecule has 9 heteroatoms. The van der Waals surface area contributed by atoms with Gasteiger partial charge in [-0.05, 0) is 25.1 Å². The Kier molecular flexibility index (Phi) is 5.43. The van der Waals surface area contributed by atoms with Crippen molar-refractivity contribution in [2.24, 2.45) is 0 Å². The van der Waals surface area contributed by atoms with Gasteiger partial charge in [-0.25, -0.2) is 9.97 Å². The first kappa shape index (κ1) is 20.1. The lowest BCUT2D eigenvalue weighted by Gasteiger charge is -2.04. The number of rotatable bonds is 6. The van der Waals surface area contributed by atoms with Gasteiger partial charge in [-0.2, -0.15) is 0 Å². The van der Waals surface area contributed by atoms with E-state index < -0.39 is 0 Å². The van der Waals surface area contributed by atoms with E-state index in [9.17, 15) is 4.79 Å². The van der Waals surface area contributed by atoms with E-state index in [4.69, 9.17) is 16.0 Å². The van der Waals surface area contributed by atoms with Gasteiger partial charge < -0.3 is 14.1 Å². The summed E-state index contributed by atoms with van der Waals surface area (Å²) in [7, 11) is 0. The second-order valence-corrected chi connectivity index (χ2v) is 9.49. The van der Waals surface area contributed by atoms with E-state index in [1.54, 1.807) is 35.4 Å². The van der Waals surface area contributed by atoms with Gasteiger partial charge in [0, 0.05) is 40.2 Å². The number of aryl methyl sites for hydroxylation is 1. The van der Waals surface area contributed by atoms with Gasteiger partial charge in [0.05, 0.1) is 17.3 Å². The third kappa shape index (κ3) is 4.19. The van der Waals surface area contributed by atoms with Gasteiger partial charge in [0.1, 0.15) is 15.6 Å². The molecule has 0 aliphatic heterocycles. The Morgan fingerprint density at radius 2 is 2.10 bits per heavy atom. The Morgan fingerprint density at radius 1 is 1.23 bits per heavy atom. The third-order valence-corrected chi connectivity index (χ3v) is 7.13. The van der Waals surface area contributed by atoms with Gasteiger partial charge in [-0.15, -0.1) is 11.3 Å². The fourth-order valence-corrected chi connectivity index (χ4v) is 5.36. The number of amides is 1. The molecule has 1 N–H and O–H groups in total. The number of pyridine rings is 1. The first-order valence-electron chi connectivity index (χ1n) is 9.53. The van der Waals surface area contributed by atoms with Crippen molar-refractivity contribution in [3.8, 4) is 0 Å². The summed E-state index contributed by atoms with van der Waals surface area (Å²) in [6.45, 7) is 2.26. The van der Waals surface area contributed by atoms with E-state index >= 15 is 0 Å². The van der Waals surface area contributed by atoms with Crippen LogP contribution in [0.15, 0.2) is 62.9 Å². The van der Waals surface area contributed by atoms with Crippen LogP contribution in [0.2, 0.25) is 5.02 Å². The van der Waals surface area contributed by atoms with Crippen molar-refractivity contribution in [3.05, 3.63) is 81.9 Å². The zero-order chi connectivity index (χ0) is 21.4. The average molecular weight is 469 g/mol. The van der Waals surface area contributed by atoms with Crippen LogP contribution in [0.3, 0.4) is 0 Å². The number of carbonyl (C=O) groups excluding carboxylic acids is 1. The Hall–Kier alpha value is -2.81. The summed E-state index contributed by atoms with van der Waals surface area (Å²) in [5.41, 5.74) is 4.07. The van der Waals surface area contributed by atoms with E-state index in [2.05, 4.69) is 15.3 Å². The van der Waals surface area contributed by atoms with Crippen molar-refractivity contribution in [2.45, 2.75) is 23.6 Å². The number of nitrogens with one attached hydrogen (secondary N) is 1. The van der Waals surface area contributed by atoms with Crippen LogP contribution in [-0.4, -0.2) is 20.3 Å². The molecular weight excluding hydrogens is 452 g/mol. The molecule has 5 rings (SSSR count). The predicted octanol–water partition coefficient (Wildman–Crippen LogP) is 5.72. The third-order valence-electron chi connectivity index (χ3n) is 4.74. The van der Waals surface area contributed by atoms with Crippen molar-refractivity contribution >= 4 is 57.2 Å². The second-order valence-electron chi connectivity index (χ2n) is 6.98. The topological polar surface area (TPSA) is 72.4 Å². The predicted molar refractivity (Wildman–Crippen MR) is 124 cm³/mol. The molecule has 31 heavy (non-hydrogen) atoms. The molecule has 4 heterocycles. The minimum absolute atomic E-state index is 0.266. The van der Waals surface area contributed by atoms with Crippen molar-refractivity contribution in [2.75, 3.05) is 0 Å². The van der Waals surface area contributed by atoms with Gasteiger partial charge in [0.15, 0.2) is 5.76 Å². The Bertz CT molecular complexity index is 1410. The molecule has 1 aromatic carbocycles. The van der Waals surface area contributed by atoms with E-state index in [1.165, 1.54) is 0 Å². The molecule has 6 nitrogen and oxygen atoms in total. The summed E-state index contributed by atoms with van der Waals surface area (Å²) in [5.74, 6) is 0.658. The number of carbonyl (C=O) groups is 1. The van der Waals surface area contributed by atoms with Crippen LogP contribution in [0.5, 0.6) is 0 Å². The lowest BCUT2D eigenvalue weighted by atomic mass is 10.1. The minimum atomic E-state index is -0.266. The van der Waals surface area contributed by atoms with Crippen LogP contribution in [0.1, 0.15) is 27.5 Å². The van der Waals surface area contributed by atoms with Crippen molar-refractivity contribution < 1.29 is 9.21 Å². The number of benzene rings is 1. The molecule has 0 aliphatic rings. The summed E-state index contributed by atoms with van der Waals surface area (Å²) < 4.78 is 8.74. The number of hydrogen-bond acceptors (Lipinski definition) is 6. The zero-order valence-corrected chi connectivity index (χ0v) is 18.9. The van der Waals surface area contributed by atoms with Crippen molar-refractivity contribution in [1.82, 2.24) is 19.7 Å². The lowest BCUT2D eigenvalue weighted by Crippen LogP contribution is -2.23. The van der Waals surface area contributed by atoms with Gasteiger partial charge in [0.2, 0.25) is 0 Å². The Balaban J connectivity index is 1.38. The molecule has 0 saturated carbocycles. The number of thioether (sulfide) groups is 1. The van der Waals surface area contributed by atoms with E-state index in [-0.39, 0.29) is 12.5 Å². The molecule has 0 saturated heterocycles. The maximum absolute atomic E-state index is 13.0. The van der Waals surface area contributed by atoms with Crippen LogP contribution in [0.4, 0.5) is 0 Å². The number of furan rings is 1. The highest BCUT2D eigenvalue weighted by molar-refractivity contribution is 8.00. The van der Waals surface area contributed by atoms with Crippen LogP contribution >= 0.6 is 34.7 Å². The molecule has 5 aromatic rings. The lowest BCUT2D eigenvalue weighted by molar-refractivity contribution is 0.0924. The first-order valence-corrected chi connectivity index (χ1v) is 11.8. The van der Waals surface area contributed by atoms with Gasteiger partial charge in [0.25, 0.3) is 5.91 Å². The van der Waals surface area contributed by atoms with E-state index in [1.807, 2.05) is 53.2 Å². The molecule has 0 bridgehead atoms. The Morgan fingerprint density at radius 3 is 2.94 bits per heavy atom. The highest BCUT2D eigenvalue weighted by Gasteiger charge is 2.21. The summed E-state index contributed by atoms with van der Waals surface area (Å²) >= 11 is 9.24. The number of imidazole rings is 1. The first-order chi connectivity index (χ1) is 15.1.